The molecule has 0 atom stereocenters. The molecule has 0 aliphatic carbocycles. The minimum Gasteiger partial charge on any atom is -0.665 e. The Hall–Kier alpha value is 1.28. The average molecular weight is 130 g/mol. The van der Waals surface area contributed by atoms with Crippen molar-refractivity contribution in [3.05, 3.63) is 0 Å². The Morgan fingerprint density at radius 3 is 1.75 bits per heavy atom. The van der Waals surface area contributed by atoms with Crippen molar-refractivity contribution in [2.45, 2.75) is 0 Å². The summed E-state index contributed by atoms with van der Waals surface area (Å²) in [7, 11) is 0. The first-order valence-corrected chi connectivity index (χ1v) is 0.428. The summed E-state index contributed by atoms with van der Waals surface area (Å²) in [6, 6.07) is 0. The zero-order chi connectivity index (χ0) is 2.71. The summed E-state index contributed by atoms with van der Waals surface area (Å²) in [5, 5.41) is 6.76. The minimum atomic E-state index is 0. The second-order valence-electron chi connectivity index (χ2n) is 0.0913. The maximum absolute atomic E-state index is 8.24. The average Bonchev–Trinajstić information content (AvgIpc) is 0.918. The molecule has 0 aromatic rings. The molecule has 18 valence electrons. The molecule has 3 heteroatoms. The molecule has 0 aliphatic heterocycles. The SMILES string of the molecule is O=[C-]O.[Rb+]. The van der Waals surface area contributed by atoms with Gasteiger partial charge in [0.25, 0.3) is 0 Å². The molecule has 1 N–H and O–H groups in total. The van der Waals surface area contributed by atoms with Crippen molar-refractivity contribution in [3.8, 4) is 0 Å². The van der Waals surface area contributed by atoms with Gasteiger partial charge in [-0.15, -0.1) is 0 Å². The molecule has 0 aliphatic rings. The summed E-state index contributed by atoms with van der Waals surface area (Å²) >= 11 is 0. The Labute approximate surface area is 73.0 Å². The molecule has 0 amide bonds. The van der Waals surface area contributed by atoms with Gasteiger partial charge in [0.05, 0.1) is 0 Å². The Bertz CT molecular complexity index is 13.5. The van der Waals surface area contributed by atoms with Crippen LogP contribution in [0.4, 0.5) is 0 Å². The Kier molecular flexibility index (Phi) is 19.9. The van der Waals surface area contributed by atoms with Crippen molar-refractivity contribution < 1.29 is 68.1 Å². The van der Waals surface area contributed by atoms with E-state index in [4.69, 9.17) is 9.90 Å². The number of rotatable bonds is 0. The molecule has 0 aromatic heterocycles. The molecular formula is CHO2Rb. The van der Waals surface area contributed by atoms with Gasteiger partial charge in [0, 0.05) is 0 Å². The molecule has 0 fully saturated rings. The van der Waals surface area contributed by atoms with E-state index in [9.17, 15) is 0 Å². The van der Waals surface area contributed by atoms with Gasteiger partial charge in [-0.25, -0.2) is 0 Å². The first kappa shape index (κ1) is 8.99. The molecule has 0 saturated carbocycles. The van der Waals surface area contributed by atoms with Gasteiger partial charge in [-0.1, -0.05) is 6.47 Å². The van der Waals surface area contributed by atoms with Crippen LogP contribution in [0.15, 0.2) is 0 Å². The van der Waals surface area contributed by atoms with Gasteiger partial charge < -0.3 is 9.90 Å². The number of aliphatic hydroxyl groups excluding tert-OH is 1. The van der Waals surface area contributed by atoms with Crippen molar-refractivity contribution in [2.24, 2.45) is 0 Å². The van der Waals surface area contributed by atoms with Gasteiger partial charge in [0.1, 0.15) is 0 Å². The largest absolute Gasteiger partial charge is 1.00 e. The summed E-state index contributed by atoms with van der Waals surface area (Å²) in [5.74, 6) is 0. The second kappa shape index (κ2) is 8.86. The molecule has 0 saturated heterocycles. The Morgan fingerprint density at radius 1 is 1.75 bits per heavy atom. The van der Waals surface area contributed by atoms with Crippen molar-refractivity contribution in [3.63, 3.8) is 0 Å². The van der Waals surface area contributed by atoms with Crippen LogP contribution >= 0.6 is 0 Å². The normalized spacial score (nSPS) is 3.00. The third-order valence-corrected chi connectivity index (χ3v) is 0. The minimum absolute atomic E-state index is 0. The summed E-state index contributed by atoms with van der Waals surface area (Å²) in [4.78, 5) is 8.24. The maximum atomic E-state index is 8.24. The molecule has 2 nitrogen and oxygen atoms in total. The monoisotopic (exact) mass is 130 g/mol. The molecule has 0 heterocycles. The molecule has 0 aromatic carbocycles. The number of hydrogen-bond acceptors (Lipinski definition) is 1. The predicted octanol–water partition coefficient (Wildman–Crippen LogP) is -3.38. The summed E-state index contributed by atoms with van der Waals surface area (Å²) in [6.07, 6.45) is 0. The third-order valence-electron chi connectivity index (χ3n) is 0. The predicted molar refractivity (Wildman–Crippen MR) is 8.32 cm³/mol. The summed E-state index contributed by atoms with van der Waals surface area (Å²) < 4.78 is 0. The molecule has 0 radical (unpaired) electrons. The molecular weight excluding hydrogens is 129 g/mol. The van der Waals surface area contributed by atoms with E-state index in [-0.39, 0.29) is 58.2 Å². The first-order chi connectivity index (χ1) is 1.41. The van der Waals surface area contributed by atoms with Gasteiger partial charge in [-0.3, -0.25) is 0 Å². The van der Waals surface area contributed by atoms with E-state index in [1.807, 2.05) is 0 Å². The Morgan fingerprint density at radius 2 is 1.75 bits per heavy atom. The van der Waals surface area contributed by atoms with Crippen LogP contribution in [0, 0.1) is 0 Å². The Balaban J connectivity index is 0. The standard InChI is InChI=1S/CHO2.Rb/c2-1-3;/h(H,2,3);/q-1;+1. The van der Waals surface area contributed by atoms with Crippen molar-refractivity contribution in [2.75, 3.05) is 0 Å². The van der Waals surface area contributed by atoms with E-state index in [2.05, 4.69) is 0 Å². The quantitative estimate of drug-likeness (QED) is 0.348. The number of hydrogen-bond donors (Lipinski definition) is 1. The van der Waals surface area contributed by atoms with Crippen LogP contribution < -0.4 is 58.2 Å². The maximum Gasteiger partial charge on any atom is 1.00 e. The fraction of sp³-hybridized carbons (Fsp3) is 0. The van der Waals surface area contributed by atoms with Gasteiger partial charge in [0.15, 0.2) is 0 Å². The van der Waals surface area contributed by atoms with E-state index in [1.54, 1.807) is 0 Å². The molecule has 0 spiro atoms. The van der Waals surface area contributed by atoms with E-state index in [1.165, 1.54) is 0 Å². The fourth-order valence-electron chi connectivity index (χ4n) is 0. The van der Waals surface area contributed by atoms with E-state index in [0.717, 1.165) is 0 Å². The van der Waals surface area contributed by atoms with Crippen molar-refractivity contribution in [1.29, 1.82) is 0 Å². The van der Waals surface area contributed by atoms with Gasteiger partial charge in [-0.2, -0.15) is 0 Å². The van der Waals surface area contributed by atoms with Crippen molar-refractivity contribution >= 4 is 6.47 Å². The van der Waals surface area contributed by atoms with Crippen LogP contribution in [0.25, 0.3) is 0 Å². The topological polar surface area (TPSA) is 37.3 Å². The van der Waals surface area contributed by atoms with Crippen molar-refractivity contribution in [1.82, 2.24) is 0 Å². The van der Waals surface area contributed by atoms with Gasteiger partial charge in [0.2, 0.25) is 0 Å². The van der Waals surface area contributed by atoms with Crippen LogP contribution in [-0.2, 0) is 4.79 Å². The second-order valence-corrected chi connectivity index (χ2v) is 0.0913. The van der Waals surface area contributed by atoms with E-state index >= 15 is 0 Å². The molecule has 0 bridgehead atoms. The summed E-state index contributed by atoms with van der Waals surface area (Å²) in [6.45, 7) is 0.500. The zero-order valence-electron chi connectivity index (χ0n) is 2.36. The van der Waals surface area contributed by atoms with Gasteiger partial charge >= 0.3 is 58.2 Å². The third kappa shape index (κ3) is 10.4. The zero-order valence-corrected chi connectivity index (χ0v) is 7.27. The van der Waals surface area contributed by atoms with Crippen LogP contribution in [0.5, 0.6) is 0 Å². The van der Waals surface area contributed by atoms with Crippen LogP contribution in [0.3, 0.4) is 0 Å². The van der Waals surface area contributed by atoms with Crippen LogP contribution in [0.1, 0.15) is 0 Å². The fourth-order valence-corrected chi connectivity index (χ4v) is 0. The molecule has 4 heavy (non-hydrogen) atoms. The van der Waals surface area contributed by atoms with E-state index in [0.29, 0.717) is 6.47 Å². The van der Waals surface area contributed by atoms with E-state index < -0.39 is 0 Å². The molecule has 0 unspecified atom stereocenters. The summed E-state index contributed by atoms with van der Waals surface area (Å²) in [5.41, 5.74) is 0. The molecule has 0 rings (SSSR count). The first-order valence-electron chi connectivity index (χ1n) is 0.428. The smallest absolute Gasteiger partial charge is 0.665 e. The van der Waals surface area contributed by atoms with Crippen LogP contribution in [-0.4, -0.2) is 11.6 Å². The van der Waals surface area contributed by atoms with Gasteiger partial charge in [-0.05, 0) is 0 Å². The van der Waals surface area contributed by atoms with Crippen LogP contribution in [0.2, 0.25) is 0 Å².